The summed E-state index contributed by atoms with van der Waals surface area (Å²) in [5.41, 5.74) is 1.09. The summed E-state index contributed by atoms with van der Waals surface area (Å²) in [4.78, 5) is 19.3. The fraction of sp³-hybridized carbons (Fsp3) is 0.375. The third kappa shape index (κ3) is 1.93. The molecule has 0 fully saturated rings. The Morgan fingerprint density at radius 3 is 2.69 bits per heavy atom. The van der Waals surface area contributed by atoms with Crippen LogP contribution in [0.2, 0.25) is 0 Å². The van der Waals surface area contributed by atoms with Gasteiger partial charge in [-0.25, -0.2) is 4.98 Å². The van der Waals surface area contributed by atoms with Gasteiger partial charge in [0.2, 0.25) is 0 Å². The first-order chi connectivity index (χ1) is 6.19. The average Bonchev–Trinajstić information content (AvgIpc) is 2.17. The van der Waals surface area contributed by atoms with Crippen LogP contribution < -0.4 is 10.6 Å². The van der Waals surface area contributed by atoms with Crippen LogP contribution in [0.5, 0.6) is 0 Å². The molecule has 0 saturated carbocycles. The molecule has 2 N–H and O–H groups in total. The maximum atomic E-state index is 11.2. The quantitative estimate of drug-likeness (QED) is 0.681. The highest BCUT2D eigenvalue weighted by atomic mass is 16.1. The molecule has 1 amide bonds. The summed E-state index contributed by atoms with van der Waals surface area (Å²) in [5, 5.41) is 5.34. The zero-order valence-electron chi connectivity index (χ0n) is 7.88. The van der Waals surface area contributed by atoms with Gasteiger partial charge in [0.1, 0.15) is 11.5 Å². The molecule has 0 aromatic carbocycles. The third-order valence-corrected chi connectivity index (χ3v) is 1.65. The Labute approximate surface area is 76.6 Å². The van der Waals surface area contributed by atoms with Crippen LogP contribution in [0.3, 0.4) is 0 Å². The molecule has 1 aromatic heterocycles. The minimum absolute atomic E-state index is 0.232. The highest BCUT2D eigenvalue weighted by Gasteiger charge is 2.07. The Morgan fingerprint density at radius 2 is 2.15 bits per heavy atom. The second-order valence-corrected chi connectivity index (χ2v) is 2.52. The molecule has 0 unspecified atom stereocenters. The smallest absolute Gasteiger partial charge is 0.271 e. The molecule has 5 nitrogen and oxygen atoms in total. The minimum Gasteiger partial charge on any atom is -0.372 e. The standard InChI is InChI=1S/C8H12N4O/c1-5-7(9-2)12-6(4-11-5)8(13)10-3/h4H,1-3H3,(H,9,12)(H,10,13). The van der Waals surface area contributed by atoms with Gasteiger partial charge in [-0.3, -0.25) is 9.78 Å². The van der Waals surface area contributed by atoms with Gasteiger partial charge in [-0.1, -0.05) is 0 Å². The number of aryl methyl sites for hydroxylation is 1. The maximum Gasteiger partial charge on any atom is 0.271 e. The van der Waals surface area contributed by atoms with Gasteiger partial charge in [0.05, 0.1) is 11.9 Å². The lowest BCUT2D eigenvalue weighted by molar-refractivity contribution is 0.0958. The van der Waals surface area contributed by atoms with Gasteiger partial charge >= 0.3 is 0 Å². The van der Waals surface area contributed by atoms with E-state index in [0.717, 1.165) is 5.69 Å². The first-order valence-corrected chi connectivity index (χ1v) is 3.92. The molecule has 0 bridgehead atoms. The highest BCUT2D eigenvalue weighted by molar-refractivity contribution is 5.92. The van der Waals surface area contributed by atoms with Gasteiger partial charge in [0.25, 0.3) is 5.91 Å². The average molecular weight is 180 g/mol. The minimum atomic E-state index is -0.232. The summed E-state index contributed by atoms with van der Waals surface area (Å²) < 4.78 is 0. The van der Waals surface area contributed by atoms with E-state index in [4.69, 9.17) is 0 Å². The fourth-order valence-electron chi connectivity index (χ4n) is 0.924. The fourth-order valence-corrected chi connectivity index (χ4v) is 0.924. The lowest BCUT2D eigenvalue weighted by atomic mass is 10.4. The molecule has 1 aromatic rings. The van der Waals surface area contributed by atoms with E-state index in [0.29, 0.717) is 11.5 Å². The van der Waals surface area contributed by atoms with Crippen LogP contribution in [0, 0.1) is 6.92 Å². The molecule has 0 spiro atoms. The van der Waals surface area contributed by atoms with Crippen LogP contribution in [0.1, 0.15) is 16.2 Å². The molecule has 70 valence electrons. The molecule has 0 atom stereocenters. The van der Waals surface area contributed by atoms with Gasteiger partial charge in [-0.05, 0) is 6.92 Å². The van der Waals surface area contributed by atoms with Crippen molar-refractivity contribution in [3.63, 3.8) is 0 Å². The lowest BCUT2D eigenvalue weighted by Gasteiger charge is -2.04. The molecule has 0 radical (unpaired) electrons. The summed E-state index contributed by atoms with van der Waals surface area (Å²) >= 11 is 0. The van der Waals surface area contributed by atoms with Crippen LogP contribution in [0.15, 0.2) is 6.20 Å². The van der Waals surface area contributed by atoms with Crippen molar-refractivity contribution in [1.29, 1.82) is 0 Å². The topological polar surface area (TPSA) is 66.9 Å². The lowest BCUT2D eigenvalue weighted by Crippen LogP contribution is -2.20. The van der Waals surface area contributed by atoms with E-state index in [2.05, 4.69) is 20.6 Å². The molecule has 13 heavy (non-hydrogen) atoms. The van der Waals surface area contributed by atoms with Crippen LogP contribution in [-0.4, -0.2) is 30.0 Å². The monoisotopic (exact) mass is 180 g/mol. The number of amides is 1. The Morgan fingerprint density at radius 1 is 1.46 bits per heavy atom. The van der Waals surface area contributed by atoms with Crippen molar-refractivity contribution in [2.45, 2.75) is 6.92 Å². The third-order valence-electron chi connectivity index (χ3n) is 1.65. The summed E-state index contributed by atoms with van der Waals surface area (Å²) in [6.45, 7) is 1.83. The van der Waals surface area contributed by atoms with Crippen molar-refractivity contribution in [2.75, 3.05) is 19.4 Å². The number of hydrogen-bond acceptors (Lipinski definition) is 4. The Hall–Kier alpha value is -1.65. The molecular weight excluding hydrogens is 168 g/mol. The Balaban J connectivity index is 3.06. The van der Waals surface area contributed by atoms with Crippen LogP contribution in [0.4, 0.5) is 5.82 Å². The van der Waals surface area contributed by atoms with Crippen molar-refractivity contribution in [2.24, 2.45) is 0 Å². The van der Waals surface area contributed by atoms with Crippen LogP contribution in [-0.2, 0) is 0 Å². The SMILES string of the molecule is CNC(=O)c1cnc(C)c(NC)n1. The molecule has 1 heterocycles. The summed E-state index contributed by atoms with van der Waals surface area (Å²) in [6, 6.07) is 0. The summed E-state index contributed by atoms with van der Waals surface area (Å²) in [5.74, 6) is 0.394. The van der Waals surface area contributed by atoms with Gasteiger partial charge in [-0.15, -0.1) is 0 Å². The van der Waals surface area contributed by atoms with Crippen LogP contribution in [0.25, 0.3) is 0 Å². The molecule has 0 saturated heterocycles. The number of nitrogens with zero attached hydrogens (tertiary/aromatic N) is 2. The molecule has 5 heteroatoms. The largest absolute Gasteiger partial charge is 0.372 e. The van der Waals surface area contributed by atoms with Crippen molar-refractivity contribution < 1.29 is 4.79 Å². The predicted molar refractivity (Wildman–Crippen MR) is 49.7 cm³/mol. The normalized spacial score (nSPS) is 9.46. The van der Waals surface area contributed by atoms with E-state index in [1.54, 1.807) is 14.1 Å². The zero-order chi connectivity index (χ0) is 9.84. The first-order valence-electron chi connectivity index (χ1n) is 3.92. The van der Waals surface area contributed by atoms with E-state index in [1.807, 2.05) is 6.92 Å². The number of hydrogen-bond donors (Lipinski definition) is 2. The first kappa shape index (κ1) is 9.44. The van der Waals surface area contributed by atoms with Gasteiger partial charge in [0.15, 0.2) is 0 Å². The molecule has 0 aliphatic carbocycles. The summed E-state index contributed by atoms with van der Waals surface area (Å²) in [6.07, 6.45) is 1.45. The zero-order valence-corrected chi connectivity index (χ0v) is 7.88. The molecule has 1 rings (SSSR count). The second kappa shape index (κ2) is 3.84. The summed E-state index contributed by atoms with van der Waals surface area (Å²) in [7, 11) is 3.30. The van der Waals surface area contributed by atoms with E-state index >= 15 is 0 Å². The van der Waals surface area contributed by atoms with E-state index in [9.17, 15) is 4.79 Å². The van der Waals surface area contributed by atoms with Crippen LogP contribution >= 0.6 is 0 Å². The highest BCUT2D eigenvalue weighted by Crippen LogP contribution is 2.07. The van der Waals surface area contributed by atoms with Crippen molar-refractivity contribution >= 4 is 11.7 Å². The van der Waals surface area contributed by atoms with E-state index < -0.39 is 0 Å². The Kier molecular flexibility index (Phi) is 2.79. The molecular formula is C8H12N4O. The van der Waals surface area contributed by atoms with Gasteiger partial charge in [0, 0.05) is 14.1 Å². The number of anilines is 1. The molecule has 0 aliphatic heterocycles. The van der Waals surface area contributed by atoms with Gasteiger partial charge in [-0.2, -0.15) is 0 Å². The van der Waals surface area contributed by atoms with Crippen molar-refractivity contribution in [3.05, 3.63) is 17.6 Å². The number of rotatable bonds is 2. The maximum absolute atomic E-state index is 11.2. The van der Waals surface area contributed by atoms with Gasteiger partial charge < -0.3 is 10.6 Å². The Bertz CT molecular complexity index is 324. The number of aromatic nitrogens is 2. The van der Waals surface area contributed by atoms with Crippen molar-refractivity contribution in [3.8, 4) is 0 Å². The second-order valence-electron chi connectivity index (χ2n) is 2.52. The van der Waals surface area contributed by atoms with E-state index in [1.165, 1.54) is 6.20 Å². The van der Waals surface area contributed by atoms with Crippen molar-refractivity contribution in [1.82, 2.24) is 15.3 Å². The number of carbonyl (C=O) groups is 1. The van der Waals surface area contributed by atoms with E-state index in [-0.39, 0.29) is 5.91 Å². The predicted octanol–water partition coefficient (Wildman–Crippen LogP) is 0.186. The molecule has 0 aliphatic rings. The number of nitrogens with one attached hydrogen (secondary N) is 2. The number of carbonyl (C=O) groups excluding carboxylic acids is 1.